The van der Waals surface area contributed by atoms with Crippen LogP contribution in [0.15, 0.2) is 47.1 Å². The van der Waals surface area contributed by atoms with Gasteiger partial charge in [-0.15, -0.1) is 0 Å². The lowest BCUT2D eigenvalue weighted by Crippen LogP contribution is -2.14. The number of benzene rings is 1. The van der Waals surface area contributed by atoms with Crippen molar-refractivity contribution in [2.45, 2.75) is 13.8 Å². The molecule has 2 N–H and O–H groups in total. The third-order valence-electron chi connectivity index (χ3n) is 2.81. The van der Waals surface area contributed by atoms with E-state index in [0.29, 0.717) is 11.6 Å². The number of amides is 1. The number of hydrogen-bond acceptors (Lipinski definition) is 3. The molecule has 1 heterocycles. The summed E-state index contributed by atoms with van der Waals surface area (Å²) in [6.45, 7) is 5.13. The van der Waals surface area contributed by atoms with Gasteiger partial charge in [-0.3, -0.25) is 9.78 Å². The molecule has 4 nitrogen and oxygen atoms in total. The quantitative estimate of drug-likeness (QED) is 0.853. The van der Waals surface area contributed by atoms with Gasteiger partial charge in [0.2, 0.25) is 0 Å². The van der Waals surface area contributed by atoms with E-state index in [1.807, 2.05) is 30.3 Å². The molecule has 0 atom stereocenters. The monoisotopic (exact) mass is 347 g/mol. The molecule has 2 aromatic rings. The van der Waals surface area contributed by atoms with Gasteiger partial charge in [0.15, 0.2) is 0 Å². The molecule has 0 aliphatic heterocycles. The molecule has 0 fully saturated rings. The molecule has 5 heteroatoms. The molecule has 110 valence electrons. The Hall–Kier alpha value is -1.88. The van der Waals surface area contributed by atoms with Crippen LogP contribution in [-0.4, -0.2) is 17.4 Å². The van der Waals surface area contributed by atoms with Crippen molar-refractivity contribution in [2.24, 2.45) is 5.92 Å². The minimum absolute atomic E-state index is 0.217. The Morgan fingerprint density at radius 1 is 1.19 bits per heavy atom. The van der Waals surface area contributed by atoms with Crippen LogP contribution >= 0.6 is 15.9 Å². The van der Waals surface area contributed by atoms with Crippen LogP contribution < -0.4 is 10.6 Å². The van der Waals surface area contributed by atoms with Gasteiger partial charge in [-0.1, -0.05) is 29.8 Å². The van der Waals surface area contributed by atoms with Crippen molar-refractivity contribution in [1.82, 2.24) is 4.98 Å². The van der Waals surface area contributed by atoms with Gasteiger partial charge in [0.25, 0.3) is 5.91 Å². The highest BCUT2D eigenvalue weighted by Gasteiger charge is 2.08. The summed E-state index contributed by atoms with van der Waals surface area (Å²) in [6, 6.07) is 11.0. The Kier molecular flexibility index (Phi) is 5.33. The highest BCUT2D eigenvalue weighted by atomic mass is 79.9. The van der Waals surface area contributed by atoms with E-state index < -0.39 is 0 Å². The van der Waals surface area contributed by atoms with E-state index in [1.165, 1.54) is 0 Å². The SMILES string of the molecule is CC(C)CNc1ccnc(C(=O)Nc2ccc(Br)cc2)c1. The van der Waals surface area contributed by atoms with E-state index in [2.05, 4.69) is 45.4 Å². The lowest BCUT2D eigenvalue weighted by molar-refractivity contribution is 0.102. The third-order valence-corrected chi connectivity index (χ3v) is 3.34. The first-order valence-corrected chi connectivity index (χ1v) is 7.61. The Balaban J connectivity index is 2.05. The molecule has 0 unspecified atom stereocenters. The molecular formula is C16H18BrN3O. The maximum absolute atomic E-state index is 12.2. The van der Waals surface area contributed by atoms with Crippen LogP contribution in [0.25, 0.3) is 0 Å². The molecule has 0 aliphatic rings. The summed E-state index contributed by atoms with van der Waals surface area (Å²) in [7, 11) is 0. The van der Waals surface area contributed by atoms with E-state index in [1.54, 1.807) is 12.3 Å². The average molecular weight is 348 g/mol. The second kappa shape index (κ2) is 7.22. The Labute approximate surface area is 133 Å². The van der Waals surface area contributed by atoms with Crippen LogP contribution in [0.2, 0.25) is 0 Å². The van der Waals surface area contributed by atoms with Crippen LogP contribution in [0.4, 0.5) is 11.4 Å². The zero-order chi connectivity index (χ0) is 15.2. The molecular weight excluding hydrogens is 330 g/mol. The second-order valence-electron chi connectivity index (χ2n) is 5.17. The standard InChI is InChI=1S/C16H18BrN3O/c1-11(2)10-19-14-7-8-18-15(9-14)16(21)20-13-5-3-12(17)4-6-13/h3-9,11H,10H2,1-2H3,(H,18,19)(H,20,21). The van der Waals surface area contributed by atoms with Crippen molar-refractivity contribution in [1.29, 1.82) is 0 Å². The number of rotatable bonds is 5. The van der Waals surface area contributed by atoms with Crippen LogP contribution in [0.1, 0.15) is 24.3 Å². The lowest BCUT2D eigenvalue weighted by atomic mass is 10.2. The largest absolute Gasteiger partial charge is 0.385 e. The van der Waals surface area contributed by atoms with Crippen molar-refractivity contribution in [3.8, 4) is 0 Å². The number of halogens is 1. The fraction of sp³-hybridized carbons (Fsp3) is 0.250. The minimum atomic E-state index is -0.217. The van der Waals surface area contributed by atoms with E-state index >= 15 is 0 Å². The van der Waals surface area contributed by atoms with Gasteiger partial charge in [-0.2, -0.15) is 0 Å². The molecule has 0 saturated carbocycles. The number of nitrogens with zero attached hydrogens (tertiary/aromatic N) is 1. The Bertz CT molecular complexity index is 611. The highest BCUT2D eigenvalue weighted by Crippen LogP contribution is 2.15. The summed E-state index contributed by atoms with van der Waals surface area (Å²) >= 11 is 3.36. The van der Waals surface area contributed by atoms with Gasteiger partial charge in [0.05, 0.1) is 0 Å². The number of nitrogens with one attached hydrogen (secondary N) is 2. The van der Waals surface area contributed by atoms with Crippen molar-refractivity contribution in [3.63, 3.8) is 0 Å². The molecule has 21 heavy (non-hydrogen) atoms. The van der Waals surface area contributed by atoms with E-state index in [4.69, 9.17) is 0 Å². The van der Waals surface area contributed by atoms with Crippen LogP contribution in [0.3, 0.4) is 0 Å². The van der Waals surface area contributed by atoms with Crippen molar-refractivity contribution < 1.29 is 4.79 Å². The predicted molar refractivity (Wildman–Crippen MR) is 89.7 cm³/mol. The highest BCUT2D eigenvalue weighted by molar-refractivity contribution is 9.10. The maximum atomic E-state index is 12.2. The number of carbonyl (C=O) groups is 1. The Morgan fingerprint density at radius 3 is 2.57 bits per heavy atom. The first-order valence-electron chi connectivity index (χ1n) is 6.81. The van der Waals surface area contributed by atoms with Crippen molar-refractivity contribution >= 4 is 33.2 Å². The lowest BCUT2D eigenvalue weighted by Gasteiger charge is -2.10. The first-order chi connectivity index (χ1) is 10.0. The predicted octanol–water partition coefficient (Wildman–Crippen LogP) is 4.16. The van der Waals surface area contributed by atoms with Crippen molar-refractivity contribution in [3.05, 3.63) is 52.8 Å². The van der Waals surface area contributed by atoms with Gasteiger partial charge in [0.1, 0.15) is 5.69 Å². The van der Waals surface area contributed by atoms with E-state index in [-0.39, 0.29) is 5.91 Å². The third kappa shape index (κ3) is 4.86. The fourth-order valence-electron chi connectivity index (χ4n) is 1.72. The Morgan fingerprint density at radius 2 is 1.90 bits per heavy atom. The topological polar surface area (TPSA) is 54.0 Å². The molecule has 1 aromatic carbocycles. The molecule has 0 radical (unpaired) electrons. The summed E-state index contributed by atoms with van der Waals surface area (Å²) in [5, 5.41) is 6.11. The minimum Gasteiger partial charge on any atom is -0.385 e. The van der Waals surface area contributed by atoms with Gasteiger partial charge in [-0.05, 0) is 42.3 Å². The smallest absolute Gasteiger partial charge is 0.274 e. The van der Waals surface area contributed by atoms with Crippen LogP contribution in [-0.2, 0) is 0 Å². The summed E-state index contributed by atoms with van der Waals surface area (Å²) < 4.78 is 0.971. The molecule has 0 spiro atoms. The second-order valence-corrected chi connectivity index (χ2v) is 6.08. The van der Waals surface area contributed by atoms with Crippen LogP contribution in [0, 0.1) is 5.92 Å². The molecule has 2 rings (SSSR count). The summed E-state index contributed by atoms with van der Waals surface area (Å²) in [4.78, 5) is 16.3. The molecule has 1 aromatic heterocycles. The molecule has 0 bridgehead atoms. The normalized spacial score (nSPS) is 10.5. The zero-order valence-electron chi connectivity index (χ0n) is 12.1. The molecule has 0 saturated heterocycles. The average Bonchev–Trinajstić information content (AvgIpc) is 2.48. The van der Waals surface area contributed by atoms with E-state index in [0.717, 1.165) is 22.4 Å². The van der Waals surface area contributed by atoms with Gasteiger partial charge in [-0.25, -0.2) is 0 Å². The number of carbonyl (C=O) groups excluding carboxylic acids is 1. The van der Waals surface area contributed by atoms with Gasteiger partial charge >= 0.3 is 0 Å². The maximum Gasteiger partial charge on any atom is 0.274 e. The van der Waals surface area contributed by atoms with Crippen molar-refractivity contribution in [2.75, 3.05) is 17.2 Å². The number of aromatic nitrogens is 1. The zero-order valence-corrected chi connectivity index (χ0v) is 13.6. The number of anilines is 2. The van der Waals surface area contributed by atoms with Gasteiger partial charge in [0, 0.05) is 28.6 Å². The van der Waals surface area contributed by atoms with Gasteiger partial charge < -0.3 is 10.6 Å². The molecule has 1 amide bonds. The summed E-state index contributed by atoms with van der Waals surface area (Å²) in [5.74, 6) is 0.323. The fourth-order valence-corrected chi connectivity index (χ4v) is 1.98. The van der Waals surface area contributed by atoms with E-state index in [9.17, 15) is 4.79 Å². The molecule has 0 aliphatic carbocycles. The first kappa shape index (κ1) is 15.5. The summed E-state index contributed by atoms with van der Waals surface area (Å²) in [5.41, 5.74) is 2.04. The summed E-state index contributed by atoms with van der Waals surface area (Å²) in [6.07, 6.45) is 1.64. The van der Waals surface area contributed by atoms with Crippen LogP contribution in [0.5, 0.6) is 0 Å². The number of pyridine rings is 1. The number of hydrogen-bond donors (Lipinski definition) is 2.